The Balaban J connectivity index is 1.19. The molecule has 2 heterocycles. The number of Topliss-reactive ketones (excluding diaryl/α,β-unsaturated/α-hetero) is 1. The molecule has 2 atom stereocenters. The van der Waals surface area contributed by atoms with Crippen LogP contribution in [-0.2, 0) is 9.59 Å². The van der Waals surface area contributed by atoms with Crippen molar-refractivity contribution in [3.8, 4) is 5.88 Å². The first-order valence-corrected chi connectivity index (χ1v) is 14.1. The summed E-state index contributed by atoms with van der Waals surface area (Å²) in [5.74, 6) is 1.06. The second-order valence-electron chi connectivity index (χ2n) is 11.2. The van der Waals surface area contributed by atoms with Crippen LogP contribution in [-0.4, -0.2) is 66.4 Å². The van der Waals surface area contributed by atoms with E-state index in [9.17, 15) is 9.59 Å². The summed E-state index contributed by atoms with van der Waals surface area (Å²) in [5.41, 5.74) is 1.15. The molecule has 206 valence electrons. The number of hydrogen-bond donors (Lipinski definition) is 1. The Morgan fingerprint density at radius 2 is 1.79 bits per heavy atom. The molecule has 1 saturated heterocycles. The summed E-state index contributed by atoms with van der Waals surface area (Å²) in [6, 6.07) is 11.4. The van der Waals surface area contributed by atoms with Gasteiger partial charge >= 0.3 is 0 Å². The average Bonchev–Trinajstić information content (AvgIpc) is 2.91. The van der Waals surface area contributed by atoms with Crippen LogP contribution >= 0.6 is 0 Å². The molecule has 1 N–H and O–H groups in total. The van der Waals surface area contributed by atoms with E-state index in [1.54, 1.807) is 6.20 Å². The van der Waals surface area contributed by atoms with Gasteiger partial charge in [-0.05, 0) is 44.7 Å². The van der Waals surface area contributed by atoms with Crippen molar-refractivity contribution in [1.82, 2.24) is 20.2 Å². The number of amides is 1. The smallest absolute Gasteiger partial charge is 0.287 e. The van der Waals surface area contributed by atoms with Gasteiger partial charge in [0.2, 0.25) is 17.6 Å². The van der Waals surface area contributed by atoms with Crippen molar-refractivity contribution < 1.29 is 14.3 Å². The second kappa shape index (κ2) is 13.2. The number of rotatable bonds is 13. The fourth-order valence-corrected chi connectivity index (χ4v) is 5.46. The van der Waals surface area contributed by atoms with Crippen LogP contribution in [0, 0.1) is 11.3 Å². The number of anilines is 1. The summed E-state index contributed by atoms with van der Waals surface area (Å²) in [4.78, 5) is 38.4. The average molecular weight is 522 g/mol. The van der Waals surface area contributed by atoms with Crippen molar-refractivity contribution in [2.24, 2.45) is 11.3 Å². The van der Waals surface area contributed by atoms with Gasteiger partial charge in [0, 0.05) is 50.3 Å². The third-order valence-electron chi connectivity index (χ3n) is 8.50. The molecule has 1 aromatic carbocycles. The van der Waals surface area contributed by atoms with Crippen LogP contribution in [0.4, 0.5) is 5.95 Å². The van der Waals surface area contributed by atoms with Gasteiger partial charge in [0.15, 0.2) is 0 Å². The fraction of sp³-hybridized carbons (Fsp3) is 0.600. The van der Waals surface area contributed by atoms with Gasteiger partial charge < -0.3 is 19.9 Å². The number of carbonyl (C=O) groups is 2. The summed E-state index contributed by atoms with van der Waals surface area (Å²) in [6.07, 6.45) is 8.30. The Bertz CT molecular complexity index is 1050. The molecule has 1 aromatic heterocycles. The highest BCUT2D eigenvalue weighted by atomic mass is 16.5. The third-order valence-corrected chi connectivity index (χ3v) is 8.50. The fourth-order valence-electron chi connectivity index (χ4n) is 5.46. The number of likely N-dealkylation sites (N-methyl/N-ethyl adjacent to an activating group) is 1. The molecule has 1 aliphatic heterocycles. The van der Waals surface area contributed by atoms with E-state index in [-0.39, 0.29) is 17.2 Å². The van der Waals surface area contributed by atoms with Crippen molar-refractivity contribution in [2.75, 3.05) is 44.7 Å². The molecule has 1 aliphatic carbocycles. The maximum atomic E-state index is 12.4. The number of aromatic nitrogens is 2. The standard InChI is InChI=1S/C30H43N5O3/c1-23(10-7-8-13-26(36)28(37)32-24(2)25-11-5-4-6-12-25)30(15-9-16-30)22-38-27-14-17-31-29(33-27)35-20-18-34(3)19-21-35/h4-6,11-12,14,17,23-24H,7-10,13,15-16,18-22H2,1-3H3,(H,32,37)/t23?,24-/m1/s1. The molecule has 1 saturated carbocycles. The Hall–Kier alpha value is -3.00. The molecule has 8 nitrogen and oxygen atoms in total. The predicted molar refractivity (Wildman–Crippen MR) is 149 cm³/mol. The maximum Gasteiger partial charge on any atom is 0.287 e. The summed E-state index contributed by atoms with van der Waals surface area (Å²) in [5, 5.41) is 2.83. The van der Waals surface area contributed by atoms with Crippen molar-refractivity contribution in [1.29, 1.82) is 0 Å². The van der Waals surface area contributed by atoms with Crippen LogP contribution in [0.2, 0.25) is 0 Å². The number of piperazine rings is 1. The van der Waals surface area contributed by atoms with Crippen molar-refractivity contribution >= 4 is 17.6 Å². The third kappa shape index (κ3) is 7.31. The molecule has 4 rings (SSSR count). The van der Waals surface area contributed by atoms with Gasteiger partial charge in [-0.3, -0.25) is 9.59 Å². The lowest BCUT2D eigenvalue weighted by Crippen LogP contribution is -2.45. The van der Waals surface area contributed by atoms with Crippen LogP contribution in [0.5, 0.6) is 5.88 Å². The first-order valence-electron chi connectivity index (χ1n) is 14.1. The number of nitrogens with one attached hydrogen (secondary N) is 1. The van der Waals surface area contributed by atoms with Crippen LogP contribution in [0.25, 0.3) is 0 Å². The molecule has 38 heavy (non-hydrogen) atoms. The number of hydrogen-bond acceptors (Lipinski definition) is 7. The Labute approximate surface area is 227 Å². The van der Waals surface area contributed by atoms with Gasteiger partial charge in [-0.15, -0.1) is 0 Å². The molecule has 1 unspecified atom stereocenters. The Morgan fingerprint density at radius 1 is 1.05 bits per heavy atom. The Kier molecular flexibility index (Phi) is 9.72. The number of benzene rings is 1. The molecule has 0 radical (unpaired) electrons. The molecule has 0 bridgehead atoms. The van der Waals surface area contributed by atoms with Gasteiger partial charge in [0.25, 0.3) is 5.91 Å². The first-order chi connectivity index (χ1) is 18.4. The molecule has 2 aromatic rings. The van der Waals surface area contributed by atoms with Gasteiger partial charge in [-0.1, -0.05) is 56.5 Å². The molecule has 8 heteroatoms. The maximum absolute atomic E-state index is 12.4. The Morgan fingerprint density at radius 3 is 2.47 bits per heavy atom. The van der Waals surface area contributed by atoms with Crippen LogP contribution in [0.15, 0.2) is 42.6 Å². The topological polar surface area (TPSA) is 87.7 Å². The monoisotopic (exact) mass is 521 g/mol. The first kappa shape index (κ1) is 28.0. The second-order valence-corrected chi connectivity index (χ2v) is 11.2. The zero-order valence-electron chi connectivity index (χ0n) is 23.2. The highest BCUT2D eigenvalue weighted by Crippen LogP contribution is 2.49. The summed E-state index contributed by atoms with van der Waals surface area (Å²) >= 11 is 0. The minimum Gasteiger partial charge on any atom is -0.477 e. The quantitative estimate of drug-likeness (QED) is 0.308. The van der Waals surface area contributed by atoms with E-state index >= 15 is 0 Å². The largest absolute Gasteiger partial charge is 0.477 e. The van der Waals surface area contributed by atoms with E-state index in [0.29, 0.717) is 24.8 Å². The predicted octanol–water partition coefficient (Wildman–Crippen LogP) is 4.42. The summed E-state index contributed by atoms with van der Waals surface area (Å²) < 4.78 is 6.24. The molecule has 2 aliphatic rings. The lowest BCUT2D eigenvalue weighted by Gasteiger charge is -2.46. The number of unbranched alkanes of at least 4 members (excludes halogenated alkanes) is 1. The van der Waals surface area contributed by atoms with Gasteiger partial charge in [0.1, 0.15) is 0 Å². The van der Waals surface area contributed by atoms with E-state index in [1.807, 2.05) is 43.3 Å². The van der Waals surface area contributed by atoms with E-state index in [0.717, 1.165) is 69.8 Å². The minimum atomic E-state index is -0.487. The summed E-state index contributed by atoms with van der Waals surface area (Å²) in [7, 11) is 2.14. The number of nitrogens with zero attached hydrogens (tertiary/aromatic N) is 4. The van der Waals surface area contributed by atoms with E-state index in [2.05, 4.69) is 34.1 Å². The van der Waals surface area contributed by atoms with Crippen molar-refractivity contribution in [2.45, 2.75) is 64.8 Å². The SMILES string of the molecule is CC(CCCCC(=O)C(=O)N[C@H](C)c1ccccc1)C1(COc2ccnc(N3CCN(C)CC3)n2)CCC1. The van der Waals surface area contributed by atoms with Gasteiger partial charge in [-0.2, -0.15) is 4.98 Å². The highest BCUT2D eigenvalue weighted by Gasteiger charge is 2.42. The lowest BCUT2D eigenvalue weighted by molar-refractivity contribution is -0.138. The zero-order chi connectivity index (χ0) is 27.0. The van der Waals surface area contributed by atoms with Gasteiger partial charge in [0.05, 0.1) is 12.6 Å². The number of ketones is 1. The van der Waals surface area contributed by atoms with Crippen molar-refractivity contribution in [3.05, 3.63) is 48.2 Å². The minimum absolute atomic E-state index is 0.158. The van der Waals surface area contributed by atoms with E-state index in [4.69, 9.17) is 9.72 Å². The molecular weight excluding hydrogens is 478 g/mol. The lowest BCUT2D eigenvalue weighted by atomic mass is 9.61. The van der Waals surface area contributed by atoms with Crippen molar-refractivity contribution in [3.63, 3.8) is 0 Å². The van der Waals surface area contributed by atoms with Crippen LogP contribution in [0.3, 0.4) is 0 Å². The van der Waals surface area contributed by atoms with Crippen LogP contribution < -0.4 is 15.0 Å². The summed E-state index contributed by atoms with van der Waals surface area (Å²) in [6.45, 7) is 8.74. The highest BCUT2D eigenvalue weighted by molar-refractivity contribution is 6.36. The van der Waals surface area contributed by atoms with E-state index in [1.165, 1.54) is 6.42 Å². The molecule has 2 fully saturated rings. The zero-order valence-corrected chi connectivity index (χ0v) is 23.2. The molecule has 1 amide bonds. The number of ether oxygens (including phenoxy) is 1. The van der Waals surface area contributed by atoms with Crippen LogP contribution in [0.1, 0.15) is 70.4 Å². The number of carbonyl (C=O) groups excluding carboxylic acids is 2. The molecular formula is C30H43N5O3. The van der Waals surface area contributed by atoms with Gasteiger partial charge in [-0.25, -0.2) is 4.98 Å². The normalized spacial score (nSPS) is 18.8. The molecule has 0 spiro atoms. The van der Waals surface area contributed by atoms with E-state index < -0.39 is 5.91 Å².